The summed E-state index contributed by atoms with van der Waals surface area (Å²) in [6.45, 7) is 2.91. The lowest BCUT2D eigenvalue weighted by Gasteiger charge is -2.11. The van der Waals surface area contributed by atoms with Crippen LogP contribution in [0.1, 0.15) is 23.1 Å². The maximum atomic E-state index is 12.1. The van der Waals surface area contributed by atoms with Crippen molar-refractivity contribution in [2.24, 2.45) is 0 Å². The van der Waals surface area contributed by atoms with Gasteiger partial charge in [-0.2, -0.15) is 5.10 Å². The maximum absolute atomic E-state index is 12.1. The van der Waals surface area contributed by atoms with Gasteiger partial charge in [0.15, 0.2) is 11.5 Å². The molecule has 2 aromatic rings. The van der Waals surface area contributed by atoms with Crippen molar-refractivity contribution in [2.75, 3.05) is 20.3 Å². The van der Waals surface area contributed by atoms with E-state index in [1.165, 1.54) is 6.33 Å². The Hall–Kier alpha value is -2.57. The lowest BCUT2D eigenvalue weighted by atomic mass is 10.2. The summed E-state index contributed by atoms with van der Waals surface area (Å²) in [5.41, 5.74) is 0.521. The summed E-state index contributed by atoms with van der Waals surface area (Å²) in [4.78, 5) is 16.0. The van der Waals surface area contributed by atoms with Gasteiger partial charge in [0, 0.05) is 18.5 Å². The highest BCUT2D eigenvalue weighted by atomic mass is 16.5. The summed E-state index contributed by atoms with van der Waals surface area (Å²) in [5.74, 6) is 1.73. The zero-order valence-electron chi connectivity index (χ0n) is 12.0. The number of H-pyrrole nitrogens is 1. The Morgan fingerprint density at radius 2 is 2.24 bits per heavy atom. The normalized spacial score (nSPS) is 10.2. The van der Waals surface area contributed by atoms with Crippen molar-refractivity contribution in [2.45, 2.75) is 13.3 Å². The van der Waals surface area contributed by atoms with Gasteiger partial charge in [-0.1, -0.05) is 0 Å². The molecule has 112 valence electrons. The molecule has 1 aromatic carbocycles. The van der Waals surface area contributed by atoms with E-state index < -0.39 is 0 Å². The predicted molar refractivity (Wildman–Crippen MR) is 76.6 cm³/mol. The molecule has 1 amide bonds. The number of rotatable bonds is 7. The minimum Gasteiger partial charge on any atom is -0.493 e. The molecule has 1 heterocycles. The van der Waals surface area contributed by atoms with Gasteiger partial charge in [-0.05, 0) is 25.1 Å². The van der Waals surface area contributed by atoms with Crippen LogP contribution >= 0.6 is 0 Å². The second kappa shape index (κ2) is 7.28. The van der Waals surface area contributed by atoms with E-state index in [2.05, 4.69) is 20.5 Å². The van der Waals surface area contributed by atoms with Crippen molar-refractivity contribution in [1.82, 2.24) is 20.5 Å². The van der Waals surface area contributed by atoms with E-state index >= 15 is 0 Å². The van der Waals surface area contributed by atoms with Gasteiger partial charge in [0.25, 0.3) is 5.91 Å². The lowest BCUT2D eigenvalue weighted by Crippen LogP contribution is -2.26. The van der Waals surface area contributed by atoms with Crippen LogP contribution in [0, 0.1) is 0 Å². The summed E-state index contributed by atoms with van der Waals surface area (Å²) in [6.07, 6.45) is 2.04. The van der Waals surface area contributed by atoms with Crippen molar-refractivity contribution in [1.29, 1.82) is 0 Å². The first-order chi connectivity index (χ1) is 10.2. The van der Waals surface area contributed by atoms with Gasteiger partial charge in [0.05, 0.1) is 13.7 Å². The molecule has 0 aliphatic heterocycles. The number of carbonyl (C=O) groups excluding carboxylic acids is 1. The van der Waals surface area contributed by atoms with Crippen molar-refractivity contribution < 1.29 is 14.3 Å². The summed E-state index contributed by atoms with van der Waals surface area (Å²) in [7, 11) is 1.55. The number of nitrogens with zero attached hydrogens (tertiary/aromatic N) is 2. The van der Waals surface area contributed by atoms with Crippen LogP contribution in [0.25, 0.3) is 0 Å². The molecule has 7 nitrogen and oxygen atoms in total. The third-order valence-corrected chi connectivity index (χ3v) is 2.84. The first kappa shape index (κ1) is 14.8. The van der Waals surface area contributed by atoms with E-state index in [-0.39, 0.29) is 5.91 Å². The van der Waals surface area contributed by atoms with E-state index in [0.717, 1.165) is 5.82 Å². The highest BCUT2D eigenvalue weighted by Crippen LogP contribution is 2.27. The average molecular weight is 290 g/mol. The molecule has 7 heteroatoms. The van der Waals surface area contributed by atoms with Gasteiger partial charge in [-0.25, -0.2) is 4.98 Å². The fraction of sp³-hybridized carbons (Fsp3) is 0.357. The number of benzene rings is 1. The number of aromatic amines is 1. The highest BCUT2D eigenvalue weighted by Gasteiger charge is 2.10. The molecule has 0 spiro atoms. The summed E-state index contributed by atoms with van der Waals surface area (Å²) >= 11 is 0. The summed E-state index contributed by atoms with van der Waals surface area (Å²) < 4.78 is 10.6. The summed E-state index contributed by atoms with van der Waals surface area (Å²) in [5, 5.41) is 9.31. The van der Waals surface area contributed by atoms with E-state index in [1.54, 1.807) is 25.3 Å². The van der Waals surface area contributed by atoms with E-state index in [1.807, 2.05) is 6.92 Å². The largest absolute Gasteiger partial charge is 0.493 e. The standard InChI is InChI=1S/C14H18N4O3/c1-3-21-11-5-4-10(8-12(11)20-2)14(19)15-7-6-13-16-9-17-18-13/h4-5,8-9H,3,6-7H2,1-2H3,(H,15,19)(H,16,17,18). The Kier molecular flexibility index (Phi) is 5.14. The fourth-order valence-corrected chi connectivity index (χ4v) is 1.83. The van der Waals surface area contributed by atoms with Crippen molar-refractivity contribution in [3.63, 3.8) is 0 Å². The predicted octanol–water partition coefficient (Wildman–Crippen LogP) is 1.18. The number of ether oxygens (including phenoxy) is 2. The topological polar surface area (TPSA) is 89.1 Å². The molecule has 0 radical (unpaired) electrons. The Morgan fingerprint density at radius 1 is 1.38 bits per heavy atom. The van der Waals surface area contributed by atoms with Crippen LogP contribution in [0.5, 0.6) is 11.5 Å². The molecule has 2 rings (SSSR count). The lowest BCUT2D eigenvalue weighted by molar-refractivity contribution is 0.0953. The maximum Gasteiger partial charge on any atom is 0.251 e. The van der Waals surface area contributed by atoms with Gasteiger partial charge < -0.3 is 14.8 Å². The highest BCUT2D eigenvalue weighted by molar-refractivity contribution is 5.94. The van der Waals surface area contributed by atoms with Crippen LogP contribution in [0.2, 0.25) is 0 Å². The Labute approximate surface area is 122 Å². The number of nitrogens with one attached hydrogen (secondary N) is 2. The minimum absolute atomic E-state index is 0.170. The molecule has 0 atom stereocenters. The Morgan fingerprint density at radius 3 is 2.90 bits per heavy atom. The molecular weight excluding hydrogens is 272 g/mol. The van der Waals surface area contributed by atoms with E-state index in [9.17, 15) is 4.79 Å². The zero-order chi connectivity index (χ0) is 15.1. The monoisotopic (exact) mass is 290 g/mol. The third kappa shape index (κ3) is 3.95. The molecule has 0 bridgehead atoms. The van der Waals surface area contributed by atoms with Crippen LogP contribution < -0.4 is 14.8 Å². The van der Waals surface area contributed by atoms with Crippen LogP contribution in [-0.2, 0) is 6.42 Å². The number of carbonyl (C=O) groups is 1. The van der Waals surface area contributed by atoms with Gasteiger partial charge in [0.1, 0.15) is 12.2 Å². The molecule has 0 saturated carbocycles. The zero-order valence-corrected chi connectivity index (χ0v) is 12.0. The number of hydrogen-bond donors (Lipinski definition) is 2. The van der Waals surface area contributed by atoms with Gasteiger partial charge >= 0.3 is 0 Å². The summed E-state index contributed by atoms with van der Waals surface area (Å²) in [6, 6.07) is 5.10. The third-order valence-electron chi connectivity index (χ3n) is 2.84. The van der Waals surface area contributed by atoms with Crippen molar-refractivity contribution in [3.05, 3.63) is 35.9 Å². The molecule has 0 aliphatic carbocycles. The van der Waals surface area contributed by atoms with E-state index in [4.69, 9.17) is 9.47 Å². The second-order valence-electron chi connectivity index (χ2n) is 4.24. The Balaban J connectivity index is 1.95. The number of methoxy groups -OCH3 is 1. The number of aromatic nitrogens is 3. The fourth-order valence-electron chi connectivity index (χ4n) is 1.83. The van der Waals surface area contributed by atoms with Crippen LogP contribution in [0.15, 0.2) is 24.5 Å². The molecule has 21 heavy (non-hydrogen) atoms. The first-order valence-corrected chi connectivity index (χ1v) is 6.68. The first-order valence-electron chi connectivity index (χ1n) is 6.68. The minimum atomic E-state index is -0.170. The molecule has 2 N–H and O–H groups in total. The van der Waals surface area contributed by atoms with Crippen molar-refractivity contribution >= 4 is 5.91 Å². The Bertz CT molecular complexity index is 584. The smallest absolute Gasteiger partial charge is 0.251 e. The van der Waals surface area contributed by atoms with Crippen LogP contribution in [-0.4, -0.2) is 41.3 Å². The van der Waals surface area contributed by atoms with Gasteiger partial charge in [-0.15, -0.1) is 0 Å². The molecule has 0 unspecified atom stereocenters. The molecular formula is C14H18N4O3. The van der Waals surface area contributed by atoms with Crippen molar-refractivity contribution in [3.8, 4) is 11.5 Å². The molecule has 0 fully saturated rings. The number of amides is 1. The number of hydrogen-bond acceptors (Lipinski definition) is 5. The average Bonchev–Trinajstić information content (AvgIpc) is 3.01. The molecule has 1 aromatic heterocycles. The van der Waals surface area contributed by atoms with Crippen LogP contribution in [0.4, 0.5) is 0 Å². The SMILES string of the molecule is CCOc1ccc(C(=O)NCCc2ncn[nH]2)cc1OC. The van der Waals surface area contributed by atoms with Gasteiger partial charge in [-0.3, -0.25) is 9.89 Å². The second-order valence-corrected chi connectivity index (χ2v) is 4.24. The molecule has 0 aliphatic rings. The van der Waals surface area contributed by atoms with E-state index in [0.29, 0.717) is 36.6 Å². The molecule has 0 saturated heterocycles. The van der Waals surface area contributed by atoms with Crippen LogP contribution in [0.3, 0.4) is 0 Å². The quantitative estimate of drug-likeness (QED) is 0.799. The van der Waals surface area contributed by atoms with Gasteiger partial charge in [0.2, 0.25) is 0 Å².